The Hall–Kier alpha value is -4.66. The molecule has 0 aliphatic carbocycles. The molecule has 9 nitrogen and oxygen atoms in total. The molecule has 3 aromatic rings. The number of hydrogen-bond acceptors (Lipinski definition) is 7. The van der Waals surface area contributed by atoms with E-state index in [-0.39, 0.29) is 11.3 Å². The van der Waals surface area contributed by atoms with Crippen LogP contribution in [0.4, 0.5) is 11.4 Å². The number of benzene rings is 3. The summed E-state index contributed by atoms with van der Waals surface area (Å²) in [6, 6.07) is 17.3. The highest BCUT2D eigenvalue weighted by molar-refractivity contribution is 6.51. The second kappa shape index (κ2) is 9.07. The van der Waals surface area contributed by atoms with E-state index >= 15 is 0 Å². The second-order valence-electron chi connectivity index (χ2n) is 7.45. The Labute approximate surface area is 194 Å². The van der Waals surface area contributed by atoms with Crippen LogP contribution >= 0.6 is 0 Å². The molecule has 34 heavy (non-hydrogen) atoms. The lowest BCUT2D eigenvalue weighted by atomic mass is 9.94. The molecule has 1 unspecified atom stereocenters. The van der Waals surface area contributed by atoms with Crippen molar-refractivity contribution in [2.75, 3.05) is 19.1 Å². The molecule has 1 atom stereocenters. The average Bonchev–Trinajstić information content (AvgIpc) is 3.14. The molecule has 4 rings (SSSR count). The Morgan fingerprint density at radius 3 is 2.09 bits per heavy atom. The fourth-order valence-corrected chi connectivity index (χ4v) is 3.87. The van der Waals surface area contributed by atoms with Crippen molar-refractivity contribution in [2.45, 2.75) is 6.04 Å². The van der Waals surface area contributed by atoms with Gasteiger partial charge in [-0.2, -0.15) is 0 Å². The zero-order chi connectivity index (χ0) is 24.4. The second-order valence-corrected chi connectivity index (χ2v) is 7.45. The zero-order valence-corrected chi connectivity index (χ0v) is 18.3. The molecule has 9 heteroatoms. The van der Waals surface area contributed by atoms with Crippen LogP contribution in [0.1, 0.15) is 17.2 Å². The SMILES string of the molecule is COc1ccc(/C(O)=C2\C(=O)C(=O)N(c3ccc(OC)cc3)C2c2cccc([N+](=O)[O-])c2)cc1. The number of nitro benzene ring substituents is 1. The predicted molar refractivity (Wildman–Crippen MR) is 124 cm³/mol. The van der Waals surface area contributed by atoms with Gasteiger partial charge in [0.15, 0.2) is 0 Å². The average molecular weight is 460 g/mol. The van der Waals surface area contributed by atoms with E-state index in [1.807, 2.05) is 0 Å². The molecule has 0 saturated carbocycles. The maximum Gasteiger partial charge on any atom is 0.300 e. The van der Waals surface area contributed by atoms with E-state index < -0.39 is 28.4 Å². The lowest BCUT2D eigenvalue weighted by Crippen LogP contribution is -2.29. The van der Waals surface area contributed by atoms with Gasteiger partial charge in [0, 0.05) is 23.4 Å². The molecule has 1 amide bonds. The summed E-state index contributed by atoms with van der Waals surface area (Å²) in [5.74, 6) is -1.07. The number of aliphatic hydroxyl groups excluding tert-OH is 1. The normalized spacial score (nSPS) is 17.0. The molecule has 1 N–H and O–H groups in total. The lowest BCUT2D eigenvalue weighted by Gasteiger charge is -2.25. The third-order valence-electron chi connectivity index (χ3n) is 5.56. The number of rotatable bonds is 6. The Morgan fingerprint density at radius 1 is 0.941 bits per heavy atom. The van der Waals surface area contributed by atoms with Gasteiger partial charge in [0.25, 0.3) is 17.4 Å². The monoisotopic (exact) mass is 460 g/mol. The summed E-state index contributed by atoms with van der Waals surface area (Å²) >= 11 is 0. The minimum atomic E-state index is -1.09. The summed E-state index contributed by atoms with van der Waals surface area (Å²) in [5.41, 5.74) is 0.588. The third kappa shape index (κ3) is 3.95. The number of hydrogen-bond donors (Lipinski definition) is 1. The molecule has 1 saturated heterocycles. The highest BCUT2D eigenvalue weighted by Crippen LogP contribution is 2.43. The maximum absolute atomic E-state index is 13.2. The van der Waals surface area contributed by atoms with Gasteiger partial charge >= 0.3 is 0 Å². The first-order valence-electron chi connectivity index (χ1n) is 10.2. The summed E-state index contributed by atoms with van der Waals surface area (Å²) in [5, 5.41) is 22.5. The van der Waals surface area contributed by atoms with E-state index in [1.165, 1.54) is 37.3 Å². The van der Waals surface area contributed by atoms with Gasteiger partial charge in [-0.1, -0.05) is 12.1 Å². The highest BCUT2D eigenvalue weighted by atomic mass is 16.6. The molecule has 0 spiro atoms. The summed E-state index contributed by atoms with van der Waals surface area (Å²) in [4.78, 5) is 38.4. The number of non-ortho nitro benzene ring substituents is 1. The van der Waals surface area contributed by atoms with Crippen molar-refractivity contribution >= 4 is 28.8 Å². The molecule has 1 fully saturated rings. The number of anilines is 1. The van der Waals surface area contributed by atoms with Gasteiger partial charge in [0.05, 0.1) is 30.8 Å². The van der Waals surface area contributed by atoms with Gasteiger partial charge < -0.3 is 14.6 Å². The van der Waals surface area contributed by atoms with Crippen molar-refractivity contribution in [2.24, 2.45) is 0 Å². The smallest absolute Gasteiger partial charge is 0.300 e. The van der Waals surface area contributed by atoms with Crippen LogP contribution in [0.5, 0.6) is 11.5 Å². The van der Waals surface area contributed by atoms with Crippen LogP contribution in [0.2, 0.25) is 0 Å². The summed E-state index contributed by atoms with van der Waals surface area (Å²) in [6.07, 6.45) is 0. The largest absolute Gasteiger partial charge is 0.507 e. The molecular formula is C25H20N2O7. The number of ketones is 1. The summed E-state index contributed by atoms with van der Waals surface area (Å²) < 4.78 is 10.3. The van der Waals surface area contributed by atoms with Crippen LogP contribution in [0, 0.1) is 10.1 Å². The van der Waals surface area contributed by atoms with Crippen LogP contribution < -0.4 is 14.4 Å². The number of Topliss-reactive ketones (excluding diaryl/α,β-unsaturated/α-hetero) is 1. The van der Waals surface area contributed by atoms with Crippen LogP contribution in [-0.4, -0.2) is 35.9 Å². The standard InChI is InChI=1S/C25H20N2O7/c1-33-19-10-6-15(7-11-19)23(28)21-22(16-4-3-5-18(14-16)27(31)32)26(25(30)24(21)29)17-8-12-20(34-2)13-9-17/h3-14,22,28H,1-2H3/b23-21+. The van der Waals surface area contributed by atoms with Crippen molar-refractivity contribution in [1.82, 2.24) is 0 Å². The summed E-state index contributed by atoms with van der Waals surface area (Å²) in [7, 11) is 3.00. The molecule has 0 bridgehead atoms. The fourth-order valence-electron chi connectivity index (χ4n) is 3.87. The number of carbonyl (C=O) groups excluding carboxylic acids is 2. The van der Waals surface area contributed by atoms with Crippen molar-refractivity contribution < 1.29 is 29.1 Å². The number of ether oxygens (including phenoxy) is 2. The van der Waals surface area contributed by atoms with E-state index in [9.17, 15) is 24.8 Å². The molecule has 3 aromatic carbocycles. The van der Waals surface area contributed by atoms with Crippen molar-refractivity contribution in [3.8, 4) is 11.5 Å². The highest BCUT2D eigenvalue weighted by Gasteiger charge is 2.47. The van der Waals surface area contributed by atoms with E-state index in [1.54, 1.807) is 54.6 Å². The van der Waals surface area contributed by atoms with Gasteiger partial charge in [0.2, 0.25) is 0 Å². The Morgan fingerprint density at radius 2 is 1.53 bits per heavy atom. The predicted octanol–water partition coefficient (Wildman–Crippen LogP) is 4.24. The zero-order valence-electron chi connectivity index (χ0n) is 18.3. The Kier molecular flexibility index (Phi) is 6.01. The van der Waals surface area contributed by atoms with E-state index in [2.05, 4.69) is 0 Å². The first-order valence-corrected chi connectivity index (χ1v) is 10.2. The van der Waals surface area contributed by atoms with E-state index in [4.69, 9.17) is 9.47 Å². The minimum Gasteiger partial charge on any atom is -0.507 e. The molecule has 172 valence electrons. The lowest BCUT2D eigenvalue weighted by molar-refractivity contribution is -0.384. The van der Waals surface area contributed by atoms with Crippen LogP contribution in [0.15, 0.2) is 78.4 Å². The van der Waals surface area contributed by atoms with Crippen LogP contribution in [0.3, 0.4) is 0 Å². The molecule has 1 aliphatic rings. The molecule has 0 radical (unpaired) electrons. The van der Waals surface area contributed by atoms with Crippen molar-refractivity contribution in [3.05, 3.63) is 99.6 Å². The number of methoxy groups -OCH3 is 2. The van der Waals surface area contributed by atoms with Gasteiger partial charge in [-0.15, -0.1) is 0 Å². The third-order valence-corrected chi connectivity index (χ3v) is 5.56. The molecular weight excluding hydrogens is 440 g/mol. The van der Waals surface area contributed by atoms with E-state index in [0.29, 0.717) is 28.3 Å². The molecule has 1 aliphatic heterocycles. The first kappa shape index (κ1) is 22.5. The first-order chi connectivity index (χ1) is 16.3. The van der Waals surface area contributed by atoms with Gasteiger partial charge in [-0.05, 0) is 54.1 Å². The topological polar surface area (TPSA) is 119 Å². The maximum atomic E-state index is 13.2. The Balaban J connectivity index is 1.93. The molecule has 0 aromatic heterocycles. The van der Waals surface area contributed by atoms with Crippen LogP contribution in [-0.2, 0) is 9.59 Å². The number of nitro groups is 1. The number of aliphatic hydroxyl groups is 1. The van der Waals surface area contributed by atoms with Crippen LogP contribution in [0.25, 0.3) is 5.76 Å². The number of nitrogens with zero attached hydrogens (tertiary/aromatic N) is 2. The van der Waals surface area contributed by atoms with Crippen molar-refractivity contribution in [3.63, 3.8) is 0 Å². The summed E-state index contributed by atoms with van der Waals surface area (Å²) in [6.45, 7) is 0. The van der Waals surface area contributed by atoms with Crippen molar-refractivity contribution in [1.29, 1.82) is 0 Å². The van der Waals surface area contributed by atoms with Gasteiger partial charge in [-0.25, -0.2) is 0 Å². The van der Waals surface area contributed by atoms with E-state index in [0.717, 1.165) is 0 Å². The Bertz CT molecular complexity index is 1300. The fraction of sp³-hybridized carbons (Fsp3) is 0.120. The van der Waals surface area contributed by atoms with Gasteiger partial charge in [-0.3, -0.25) is 24.6 Å². The number of amides is 1. The molecule has 1 heterocycles. The quantitative estimate of drug-likeness (QED) is 0.192. The number of carbonyl (C=O) groups is 2. The minimum absolute atomic E-state index is 0.175. The van der Waals surface area contributed by atoms with Gasteiger partial charge in [0.1, 0.15) is 17.3 Å².